The summed E-state index contributed by atoms with van der Waals surface area (Å²) in [5.74, 6) is 0.596. The normalized spacial score (nSPS) is 18.6. The first kappa shape index (κ1) is 12.6. The number of benzene rings is 1. The molecule has 1 unspecified atom stereocenters. The van der Waals surface area contributed by atoms with Crippen molar-refractivity contribution in [1.29, 1.82) is 0 Å². The van der Waals surface area contributed by atoms with E-state index in [1.807, 2.05) is 0 Å². The van der Waals surface area contributed by atoms with Gasteiger partial charge in [-0.25, -0.2) is 0 Å². The van der Waals surface area contributed by atoms with Crippen LogP contribution in [0.2, 0.25) is 0 Å². The van der Waals surface area contributed by atoms with E-state index < -0.39 is 4.92 Å². The quantitative estimate of drug-likeness (QED) is 0.642. The molecule has 2 rings (SSSR count). The number of anilines is 1. The molecular formula is C12H16N2O4. The van der Waals surface area contributed by atoms with Gasteiger partial charge in [-0.3, -0.25) is 10.1 Å². The molecule has 0 amide bonds. The number of nitrogens with one attached hydrogen (secondary N) is 1. The van der Waals surface area contributed by atoms with Crippen LogP contribution in [0.5, 0.6) is 5.75 Å². The van der Waals surface area contributed by atoms with E-state index in [0.717, 1.165) is 19.4 Å². The molecule has 0 aromatic heterocycles. The van der Waals surface area contributed by atoms with Gasteiger partial charge in [-0.15, -0.1) is 0 Å². The molecule has 1 saturated heterocycles. The number of rotatable bonds is 5. The van der Waals surface area contributed by atoms with Crippen LogP contribution in [0.1, 0.15) is 12.8 Å². The minimum Gasteiger partial charge on any atom is -0.495 e. The van der Waals surface area contributed by atoms with E-state index >= 15 is 0 Å². The van der Waals surface area contributed by atoms with Crippen molar-refractivity contribution in [3.05, 3.63) is 28.3 Å². The van der Waals surface area contributed by atoms with E-state index in [9.17, 15) is 10.1 Å². The summed E-state index contributed by atoms with van der Waals surface area (Å²) in [5.41, 5.74) is 0.674. The van der Waals surface area contributed by atoms with Gasteiger partial charge >= 0.3 is 0 Å². The van der Waals surface area contributed by atoms with Gasteiger partial charge in [-0.05, 0) is 18.9 Å². The molecule has 0 saturated carbocycles. The van der Waals surface area contributed by atoms with Gasteiger partial charge < -0.3 is 14.8 Å². The average molecular weight is 252 g/mol. The van der Waals surface area contributed by atoms with Crippen LogP contribution in [-0.2, 0) is 4.74 Å². The Morgan fingerprint density at radius 1 is 1.61 bits per heavy atom. The van der Waals surface area contributed by atoms with E-state index in [-0.39, 0.29) is 11.8 Å². The summed E-state index contributed by atoms with van der Waals surface area (Å²) in [5, 5.41) is 13.9. The van der Waals surface area contributed by atoms with Gasteiger partial charge in [0.1, 0.15) is 5.75 Å². The number of methoxy groups -OCH3 is 1. The third-order valence-electron chi connectivity index (χ3n) is 2.94. The van der Waals surface area contributed by atoms with Crippen LogP contribution in [0, 0.1) is 10.1 Å². The van der Waals surface area contributed by atoms with Crippen LogP contribution < -0.4 is 10.1 Å². The maximum Gasteiger partial charge on any atom is 0.271 e. The van der Waals surface area contributed by atoms with E-state index in [1.165, 1.54) is 12.1 Å². The molecule has 1 heterocycles. The zero-order valence-electron chi connectivity index (χ0n) is 10.2. The van der Waals surface area contributed by atoms with Crippen LogP contribution in [0.25, 0.3) is 0 Å². The molecule has 1 aromatic rings. The molecular weight excluding hydrogens is 236 g/mol. The number of non-ortho nitro benzene ring substituents is 1. The summed E-state index contributed by atoms with van der Waals surface area (Å²) in [6, 6.07) is 4.50. The minimum absolute atomic E-state index is 0.0469. The molecule has 18 heavy (non-hydrogen) atoms. The molecule has 98 valence electrons. The molecule has 1 N–H and O–H groups in total. The van der Waals surface area contributed by atoms with Crippen molar-refractivity contribution in [2.75, 3.05) is 25.6 Å². The molecule has 1 fully saturated rings. The van der Waals surface area contributed by atoms with E-state index in [1.54, 1.807) is 13.2 Å². The first-order valence-electron chi connectivity index (χ1n) is 5.88. The second-order valence-electron chi connectivity index (χ2n) is 4.16. The Morgan fingerprint density at radius 2 is 2.44 bits per heavy atom. The fourth-order valence-electron chi connectivity index (χ4n) is 1.98. The number of hydrogen-bond acceptors (Lipinski definition) is 5. The van der Waals surface area contributed by atoms with Crippen LogP contribution in [-0.4, -0.2) is 31.3 Å². The predicted molar refractivity (Wildman–Crippen MR) is 67.1 cm³/mol. The molecule has 1 atom stereocenters. The Morgan fingerprint density at radius 3 is 3.06 bits per heavy atom. The van der Waals surface area contributed by atoms with E-state index in [4.69, 9.17) is 9.47 Å². The minimum atomic E-state index is -0.420. The van der Waals surface area contributed by atoms with Gasteiger partial charge in [0.2, 0.25) is 0 Å². The highest BCUT2D eigenvalue weighted by atomic mass is 16.6. The summed E-state index contributed by atoms with van der Waals surface area (Å²) in [6.07, 6.45) is 2.26. The number of nitro benzene ring substituents is 1. The largest absolute Gasteiger partial charge is 0.495 e. The van der Waals surface area contributed by atoms with Crippen molar-refractivity contribution in [3.8, 4) is 5.75 Å². The lowest BCUT2D eigenvalue weighted by atomic mass is 10.2. The van der Waals surface area contributed by atoms with Crippen molar-refractivity contribution in [2.24, 2.45) is 0 Å². The summed E-state index contributed by atoms with van der Waals surface area (Å²) in [7, 11) is 1.54. The summed E-state index contributed by atoms with van der Waals surface area (Å²) < 4.78 is 10.7. The van der Waals surface area contributed by atoms with Gasteiger partial charge in [0.25, 0.3) is 5.69 Å². The SMILES string of the molecule is COc1ccc([N+](=O)[O-])cc1NCC1CCCO1. The fraction of sp³-hybridized carbons (Fsp3) is 0.500. The standard InChI is InChI=1S/C12H16N2O4/c1-17-12-5-4-9(14(15)16)7-11(12)13-8-10-3-2-6-18-10/h4-5,7,10,13H,2-3,6,8H2,1H3. The maximum atomic E-state index is 10.7. The molecule has 0 spiro atoms. The van der Waals surface area contributed by atoms with Crippen molar-refractivity contribution in [3.63, 3.8) is 0 Å². The third-order valence-corrected chi connectivity index (χ3v) is 2.94. The molecule has 1 aromatic carbocycles. The van der Waals surface area contributed by atoms with Crippen LogP contribution in [0.3, 0.4) is 0 Å². The highest BCUT2D eigenvalue weighted by molar-refractivity contribution is 5.61. The zero-order valence-corrected chi connectivity index (χ0v) is 10.2. The Bertz CT molecular complexity index is 430. The van der Waals surface area contributed by atoms with E-state index in [2.05, 4.69) is 5.32 Å². The molecule has 6 nitrogen and oxygen atoms in total. The van der Waals surface area contributed by atoms with Gasteiger partial charge in [-0.2, -0.15) is 0 Å². The highest BCUT2D eigenvalue weighted by Crippen LogP contribution is 2.29. The lowest BCUT2D eigenvalue weighted by Crippen LogP contribution is -2.18. The number of nitrogens with zero attached hydrogens (tertiary/aromatic N) is 1. The Hall–Kier alpha value is -1.82. The predicted octanol–water partition coefficient (Wildman–Crippen LogP) is 2.19. The molecule has 0 radical (unpaired) electrons. The third kappa shape index (κ3) is 2.89. The molecule has 0 bridgehead atoms. The smallest absolute Gasteiger partial charge is 0.271 e. The average Bonchev–Trinajstić information content (AvgIpc) is 2.89. The highest BCUT2D eigenvalue weighted by Gasteiger charge is 2.17. The van der Waals surface area contributed by atoms with Crippen LogP contribution >= 0.6 is 0 Å². The lowest BCUT2D eigenvalue weighted by Gasteiger charge is -2.14. The fourth-order valence-corrected chi connectivity index (χ4v) is 1.98. The monoisotopic (exact) mass is 252 g/mol. The van der Waals surface area contributed by atoms with Crippen molar-refractivity contribution < 1.29 is 14.4 Å². The van der Waals surface area contributed by atoms with Crippen LogP contribution in [0.15, 0.2) is 18.2 Å². The molecule has 1 aliphatic rings. The van der Waals surface area contributed by atoms with Gasteiger partial charge in [0.15, 0.2) is 0 Å². The van der Waals surface area contributed by atoms with Crippen molar-refractivity contribution >= 4 is 11.4 Å². The lowest BCUT2D eigenvalue weighted by molar-refractivity contribution is -0.384. The summed E-state index contributed by atoms with van der Waals surface area (Å²) >= 11 is 0. The number of hydrogen-bond donors (Lipinski definition) is 1. The summed E-state index contributed by atoms with van der Waals surface area (Å²) in [6.45, 7) is 1.43. The second-order valence-corrected chi connectivity index (χ2v) is 4.16. The van der Waals surface area contributed by atoms with E-state index in [0.29, 0.717) is 18.0 Å². The van der Waals surface area contributed by atoms with Crippen molar-refractivity contribution in [1.82, 2.24) is 0 Å². The van der Waals surface area contributed by atoms with Gasteiger partial charge in [-0.1, -0.05) is 0 Å². The van der Waals surface area contributed by atoms with Gasteiger partial charge in [0, 0.05) is 25.3 Å². The Balaban J connectivity index is 2.08. The summed E-state index contributed by atoms with van der Waals surface area (Å²) in [4.78, 5) is 10.3. The molecule has 6 heteroatoms. The number of nitro groups is 1. The topological polar surface area (TPSA) is 73.6 Å². The Kier molecular flexibility index (Phi) is 3.99. The first-order valence-corrected chi connectivity index (χ1v) is 5.88. The second kappa shape index (κ2) is 5.68. The van der Waals surface area contributed by atoms with Crippen LogP contribution in [0.4, 0.5) is 11.4 Å². The molecule has 0 aliphatic carbocycles. The zero-order chi connectivity index (χ0) is 13.0. The number of ether oxygens (including phenoxy) is 2. The maximum absolute atomic E-state index is 10.7. The first-order chi connectivity index (χ1) is 8.70. The van der Waals surface area contributed by atoms with Gasteiger partial charge in [0.05, 0.1) is 23.8 Å². The molecule has 1 aliphatic heterocycles. The Labute approximate surface area is 105 Å². The van der Waals surface area contributed by atoms with Crippen molar-refractivity contribution in [2.45, 2.75) is 18.9 Å².